The number of nitrogens with two attached hydrogens (primary N) is 1. The van der Waals surface area contributed by atoms with E-state index >= 15 is 0 Å². The topological polar surface area (TPSA) is 98.7 Å². The Kier molecular flexibility index (Phi) is 5.42. The summed E-state index contributed by atoms with van der Waals surface area (Å²) in [6.45, 7) is 0.743. The Morgan fingerprint density at radius 1 is 1.03 bits per heavy atom. The van der Waals surface area contributed by atoms with E-state index in [1.165, 1.54) is 31.2 Å². The van der Waals surface area contributed by atoms with Crippen molar-refractivity contribution in [1.82, 2.24) is 19.7 Å². The maximum Gasteiger partial charge on any atom is 0.453 e. The Morgan fingerprint density at radius 3 is 2.41 bits per heavy atom. The van der Waals surface area contributed by atoms with Gasteiger partial charge < -0.3 is 11.1 Å². The molecule has 2 aromatic heterocycles. The number of alkyl halides is 5. The first kappa shape index (κ1) is 24.5. The molecule has 1 atom stereocenters. The van der Waals surface area contributed by atoms with Gasteiger partial charge >= 0.3 is 12.1 Å². The molecule has 0 saturated heterocycles. The zero-order chi connectivity index (χ0) is 26.8. The molecule has 7 nitrogen and oxygen atoms in total. The second kappa shape index (κ2) is 8.18. The molecule has 1 aliphatic heterocycles. The third-order valence-electron chi connectivity index (χ3n) is 6.46. The first-order chi connectivity index (χ1) is 17.3. The van der Waals surface area contributed by atoms with Gasteiger partial charge in [-0.2, -0.15) is 27.1 Å². The average Bonchev–Trinajstić information content (AvgIpc) is 3.32. The van der Waals surface area contributed by atoms with E-state index in [0.29, 0.717) is 5.39 Å². The molecule has 1 aliphatic rings. The summed E-state index contributed by atoms with van der Waals surface area (Å²) >= 11 is 0. The van der Waals surface area contributed by atoms with Crippen LogP contribution in [-0.2, 0) is 16.8 Å². The van der Waals surface area contributed by atoms with Crippen LogP contribution in [0.2, 0.25) is 0 Å². The van der Waals surface area contributed by atoms with Crippen molar-refractivity contribution in [3.63, 3.8) is 0 Å². The van der Waals surface area contributed by atoms with E-state index in [2.05, 4.69) is 20.4 Å². The molecule has 4 aromatic rings. The lowest BCUT2D eigenvalue weighted by Gasteiger charge is -2.23. The Bertz CT molecular complexity index is 1550. The van der Waals surface area contributed by atoms with Crippen molar-refractivity contribution < 1.29 is 31.1 Å². The molecule has 1 unspecified atom stereocenters. The highest BCUT2D eigenvalue weighted by Crippen LogP contribution is 2.46. The lowest BCUT2D eigenvalue weighted by Crippen LogP contribution is -2.37. The van der Waals surface area contributed by atoms with Crippen molar-refractivity contribution in [2.75, 3.05) is 11.1 Å². The van der Waals surface area contributed by atoms with Gasteiger partial charge in [0, 0.05) is 23.9 Å². The number of nitrogen functional groups attached to an aromatic ring is 1. The zero-order valence-electron chi connectivity index (χ0n) is 19.1. The molecule has 0 saturated carbocycles. The number of aryl methyl sites for hydroxylation is 1. The zero-order valence-corrected chi connectivity index (χ0v) is 19.1. The third kappa shape index (κ3) is 3.76. The van der Waals surface area contributed by atoms with Gasteiger partial charge in [-0.3, -0.25) is 9.48 Å². The highest BCUT2D eigenvalue weighted by Gasteiger charge is 2.56. The standard InChI is InChI=1S/C24H18F6N6O/c1-22(13-7-3-4-8-14(13)25)16-18(31)32-20(33-19(16)34-21(22)37)17-12-6-2-5-9-15(12)36(35-17)11-10-23(26,27)24(28,29)30/h2-9H,10-11H2,1H3,(H3,31,32,33,34,37). The number of aromatic nitrogens is 4. The monoisotopic (exact) mass is 520 g/mol. The predicted octanol–water partition coefficient (Wildman–Crippen LogP) is 5.06. The number of amides is 1. The van der Waals surface area contributed by atoms with E-state index < -0.39 is 42.2 Å². The highest BCUT2D eigenvalue weighted by molar-refractivity contribution is 6.09. The molecular formula is C24H18F6N6O. The smallest absolute Gasteiger partial charge is 0.383 e. The van der Waals surface area contributed by atoms with Crippen LogP contribution in [0.3, 0.4) is 0 Å². The van der Waals surface area contributed by atoms with Crippen molar-refractivity contribution in [2.24, 2.45) is 0 Å². The van der Waals surface area contributed by atoms with Crippen molar-refractivity contribution in [3.8, 4) is 11.5 Å². The first-order valence-corrected chi connectivity index (χ1v) is 11.0. The number of fused-ring (bicyclic) bond motifs is 2. The normalized spacial score (nSPS) is 17.8. The Hall–Kier alpha value is -4.16. The third-order valence-corrected chi connectivity index (χ3v) is 6.46. The maximum atomic E-state index is 14.6. The molecule has 13 heteroatoms. The molecule has 0 radical (unpaired) electrons. The molecular weight excluding hydrogens is 502 g/mol. The molecule has 192 valence electrons. The van der Waals surface area contributed by atoms with Gasteiger partial charge in [0.1, 0.15) is 28.6 Å². The number of anilines is 2. The number of hydrogen-bond acceptors (Lipinski definition) is 5. The van der Waals surface area contributed by atoms with Gasteiger partial charge in [0.25, 0.3) is 0 Å². The summed E-state index contributed by atoms with van der Waals surface area (Å²) in [6, 6.07) is 12.0. The van der Waals surface area contributed by atoms with Gasteiger partial charge in [0.05, 0.1) is 11.1 Å². The number of carbonyl (C=O) groups excluding carboxylic acids is 1. The SMILES string of the molecule is CC1(c2ccccc2F)C(=O)Nc2nc(-c3nn(CCC(F)(F)C(F)(F)F)c4ccccc34)nc(N)c21. The molecule has 37 heavy (non-hydrogen) atoms. The number of nitrogens with zero attached hydrogens (tertiary/aromatic N) is 4. The number of benzene rings is 2. The van der Waals surface area contributed by atoms with Gasteiger partial charge in [0.15, 0.2) is 5.82 Å². The number of hydrogen-bond donors (Lipinski definition) is 2. The van der Waals surface area contributed by atoms with Crippen LogP contribution in [0.5, 0.6) is 0 Å². The highest BCUT2D eigenvalue weighted by atomic mass is 19.4. The van der Waals surface area contributed by atoms with Crippen molar-refractivity contribution in [1.29, 1.82) is 0 Å². The van der Waals surface area contributed by atoms with E-state index in [4.69, 9.17) is 5.73 Å². The summed E-state index contributed by atoms with van der Waals surface area (Å²) in [5.41, 5.74) is 5.25. The molecule has 5 rings (SSSR count). The fourth-order valence-electron chi connectivity index (χ4n) is 4.49. The average molecular weight is 520 g/mol. The number of halogens is 6. The lowest BCUT2D eigenvalue weighted by atomic mass is 9.77. The summed E-state index contributed by atoms with van der Waals surface area (Å²) < 4.78 is 80.7. The van der Waals surface area contributed by atoms with Crippen molar-refractivity contribution >= 4 is 28.4 Å². The molecule has 0 bridgehead atoms. The van der Waals surface area contributed by atoms with Crippen LogP contribution < -0.4 is 11.1 Å². The van der Waals surface area contributed by atoms with Crippen LogP contribution in [-0.4, -0.2) is 37.8 Å². The van der Waals surface area contributed by atoms with E-state index in [0.717, 1.165) is 4.68 Å². The molecule has 1 amide bonds. The molecule has 0 aliphatic carbocycles. The minimum absolute atomic E-state index is 0.0143. The predicted molar refractivity (Wildman–Crippen MR) is 122 cm³/mol. The number of carbonyl (C=O) groups is 1. The second-order valence-corrected chi connectivity index (χ2v) is 8.76. The Balaban J connectivity index is 1.60. The van der Waals surface area contributed by atoms with E-state index in [9.17, 15) is 31.1 Å². The molecule has 0 spiro atoms. The van der Waals surface area contributed by atoms with Crippen LogP contribution in [0, 0.1) is 5.82 Å². The number of nitrogens with one attached hydrogen (secondary N) is 1. The van der Waals surface area contributed by atoms with Gasteiger partial charge in [0.2, 0.25) is 5.91 Å². The van der Waals surface area contributed by atoms with Crippen molar-refractivity contribution in [3.05, 3.63) is 65.5 Å². The van der Waals surface area contributed by atoms with Crippen LogP contribution >= 0.6 is 0 Å². The van der Waals surface area contributed by atoms with Crippen LogP contribution in [0.25, 0.3) is 22.4 Å². The minimum atomic E-state index is -5.70. The largest absolute Gasteiger partial charge is 0.453 e. The van der Waals surface area contributed by atoms with Gasteiger partial charge in [-0.15, -0.1) is 0 Å². The molecule has 0 fully saturated rings. The minimum Gasteiger partial charge on any atom is -0.383 e. The maximum absolute atomic E-state index is 14.6. The summed E-state index contributed by atoms with van der Waals surface area (Å²) in [7, 11) is 0. The van der Waals surface area contributed by atoms with E-state index in [-0.39, 0.29) is 39.8 Å². The quantitative estimate of drug-likeness (QED) is 0.359. The summed E-state index contributed by atoms with van der Waals surface area (Å²) in [5, 5.41) is 7.16. The summed E-state index contributed by atoms with van der Waals surface area (Å²) in [5.74, 6) is -6.35. The Morgan fingerprint density at radius 2 is 1.70 bits per heavy atom. The fourth-order valence-corrected chi connectivity index (χ4v) is 4.49. The molecule has 3 N–H and O–H groups in total. The van der Waals surface area contributed by atoms with Gasteiger partial charge in [-0.1, -0.05) is 36.4 Å². The van der Waals surface area contributed by atoms with Gasteiger partial charge in [-0.05, 0) is 19.1 Å². The van der Waals surface area contributed by atoms with Crippen molar-refractivity contribution in [2.45, 2.75) is 37.4 Å². The fraction of sp³-hybridized carbons (Fsp3) is 0.250. The van der Waals surface area contributed by atoms with E-state index in [1.54, 1.807) is 24.3 Å². The molecule has 2 aromatic carbocycles. The lowest BCUT2D eigenvalue weighted by molar-refractivity contribution is -0.285. The summed E-state index contributed by atoms with van der Waals surface area (Å²) in [6.07, 6.45) is -7.22. The van der Waals surface area contributed by atoms with Crippen LogP contribution in [0.4, 0.5) is 38.0 Å². The number of para-hydroxylation sites is 1. The van der Waals surface area contributed by atoms with Crippen LogP contribution in [0.1, 0.15) is 24.5 Å². The van der Waals surface area contributed by atoms with E-state index in [1.807, 2.05) is 0 Å². The van der Waals surface area contributed by atoms with Gasteiger partial charge in [-0.25, -0.2) is 14.4 Å². The molecule has 3 heterocycles. The summed E-state index contributed by atoms with van der Waals surface area (Å²) in [4.78, 5) is 21.6. The van der Waals surface area contributed by atoms with Crippen LogP contribution in [0.15, 0.2) is 48.5 Å². The first-order valence-electron chi connectivity index (χ1n) is 11.0. The number of rotatable bonds is 5. The Labute approximate surface area is 205 Å². The second-order valence-electron chi connectivity index (χ2n) is 8.76.